The molecule has 3 rings (SSSR count). The minimum atomic E-state index is 0.212. The van der Waals surface area contributed by atoms with Gasteiger partial charge in [-0.3, -0.25) is 9.67 Å². The number of hydrogen-bond donors (Lipinski definition) is 1. The van der Waals surface area contributed by atoms with E-state index in [0.717, 1.165) is 32.5 Å². The van der Waals surface area contributed by atoms with Gasteiger partial charge in [-0.1, -0.05) is 0 Å². The molecule has 1 aromatic heterocycles. The van der Waals surface area contributed by atoms with Crippen LogP contribution < -0.4 is 5.73 Å². The third-order valence-corrected chi connectivity index (χ3v) is 3.88. The molecular formula is C13H21N5O. The Morgan fingerprint density at radius 3 is 3.11 bits per heavy atom. The van der Waals surface area contributed by atoms with E-state index >= 15 is 0 Å². The molecule has 0 spiro atoms. The van der Waals surface area contributed by atoms with Crippen LogP contribution in [0.1, 0.15) is 31.4 Å². The Morgan fingerprint density at radius 1 is 1.53 bits per heavy atom. The second-order valence-corrected chi connectivity index (χ2v) is 5.13. The molecular weight excluding hydrogens is 242 g/mol. The fraction of sp³-hybridized carbons (Fsp3) is 0.692. The molecule has 0 bridgehead atoms. The summed E-state index contributed by atoms with van der Waals surface area (Å²) in [6, 6.07) is 0.212. The predicted octanol–water partition coefficient (Wildman–Crippen LogP) is 0.753. The van der Waals surface area contributed by atoms with Gasteiger partial charge >= 0.3 is 0 Å². The molecule has 1 fully saturated rings. The molecule has 2 N–H and O–H groups in total. The normalized spacial score (nSPS) is 27.0. The summed E-state index contributed by atoms with van der Waals surface area (Å²) in [5.41, 5.74) is 7.20. The zero-order chi connectivity index (χ0) is 13.2. The van der Waals surface area contributed by atoms with E-state index in [9.17, 15) is 0 Å². The first kappa shape index (κ1) is 12.5. The lowest BCUT2D eigenvalue weighted by molar-refractivity contribution is 0.0853. The SMILES string of the molecule is CCn1cc(C2CN=C(N)N2CC2CCCO2)cn1. The standard InChI is InChI=1S/C13H21N5O/c1-2-17-8-10(6-16-17)12-7-15-13(14)18(12)9-11-4-3-5-19-11/h6,8,11-12H,2-5,7,9H2,1H3,(H2,14,15). The lowest BCUT2D eigenvalue weighted by atomic mass is 10.1. The summed E-state index contributed by atoms with van der Waals surface area (Å²) in [5, 5.41) is 4.34. The maximum absolute atomic E-state index is 6.02. The highest BCUT2D eigenvalue weighted by atomic mass is 16.5. The van der Waals surface area contributed by atoms with Crippen molar-refractivity contribution >= 4 is 5.96 Å². The Bertz CT molecular complexity index is 463. The number of aliphatic imine (C=N–C) groups is 1. The van der Waals surface area contributed by atoms with E-state index in [1.807, 2.05) is 10.9 Å². The highest BCUT2D eigenvalue weighted by Crippen LogP contribution is 2.27. The van der Waals surface area contributed by atoms with Gasteiger partial charge in [-0.15, -0.1) is 0 Å². The minimum Gasteiger partial charge on any atom is -0.376 e. The van der Waals surface area contributed by atoms with Gasteiger partial charge in [-0.25, -0.2) is 0 Å². The monoisotopic (exact) mass is 263 g/mol. The number of guanidine groups is 1. The van der Waals surface area contributed by atoms with Crippen LogP contribution >= 0.6 is 0 Å². The molecule has 2 unspecified atom stereocenters. The van der Waals surface area contributed by atoms with Crippen LogP contribution in [0.4, 0.5) is 0 Å². The highest BCUT2D eigenvalue weighted by molar-refractivity contribution is 5.80. The maximum atomic E-state index is 6.02. The van der Waals surface area contributed by atoms with Crippen molar-refractivity contribution in [2.45, 2.75) is 38.5 Å². The molecule has 3 heterocycles. The van der Waals surface area contributed by atoms with Crippen LogP contribution in [0, 0.1) is 0 Å². The predicted molar refractivity (Wildman–Crippen MR) is 72.8 cm³/mol. The van der Waals surface area contributed by atoms with Crippen molar-refractivity contribution in [3.63, 3.8) is 0 Å². The molecule has 0 aliphatic carbocycles. The summed E-state index contributed by atoms with van der Waals surface area (Å²) in [5.74, 6) is 0.629. The van der Waals surface area contributed by atoms with Gasteiger partial charge in [-0.2, -0.15) is 5.10 Å². The molecule has 1 aromatic rings. The zero-order valence-corrected chi connectivity index (χ0v) is 11.3. The van der Waals surface area contributed by atoms with E-state index < -0.39 is 0 Å². The molecule has 0 saturated carbocycles. The average Bonchev–Trinajstić information content (AvgIpc) is 3.12. The number of nitrogens with two attached hydrogens (primary N) is 1. The van der Waals surface area contributed by atoms with Crippen molar-refractivity contribution in [2.75, 3.05) is 19.7 Å². The van der Waals surface area contributed by atoms with Gasteiger partial charge in [0.1, 0.15) is 0 Å². The van der Waals surface area contributed by atoms with Gasteiger partial charge in [-0.05, 0) is 19.8 Å². The van der Waals surface area contributed by atoms with Crippen molar-refractivity contribution < 1.29 is 4.74 Å². The highest BCUT2D eigenvalue weighted by Gasteiger charge is 2.31. The third-order valence-electron chi connectivity index (χ3n) is 3.88. The summed E-state index contributed by atoms with van der Waals surface area (Å²) >= 11 is 0. The van der Waals surface area contributed by atoms with Crippen LogP contribution in [0.5, 0.6) is 0 Å². The van der Waals surface area contributed by atoms with Gasteiger partial charge in [0.05, 0.1) is 24.9 Å². The van der Waals surface area contributed by atoms with E-state index in [-0.39, 0.29) is 12.1 Å². The van der Waals surface area contributed by atoms with Crippen molar-refractivity contribution in [2.24, 2.45) is 10.7 Å². The van der Waals surface area contributed by atoms with Crippen molar-refractivity contribution in [3.8, 4) is 0 Å². The molecule has 6 nitrogen and oxygen atoms in total. The maximum Gasteiger partial charge on any atom is 0.192 e. The Morgan fingerprint density at radius 2 is 2.42 bits per heavy atom. The van der Waals surface area contributed by atoms with Gasteiger partial charge in [0, 0.05) is 31.5 Å². The van der Waals surface area contributed by atoms with Gasteiger partial charge in [0.25, 0.3) is 0 Å². The Labute approximate surface area is 113 Å². The van der Waals surface area contributed by atoms with E-state index in [1.54, 1.807) is 0 Å². The van der Waals surface area contributed by atoms with Crippen molar-refractivity contribution in [1.82, 2.24) is 14.7 Å². The average molecular weight is 263 g/mol. The second kappa shape index (κ2) is 5.21. The summed E-state index contributed by atoms with van der Waals surface area (Å²) in [4.78, 5) is 6.54. The number of ether oxygens (including phenoxy) is 1. The van der Waals surface area contributed by atoms with Crippen LogP contribution in [0.15, 0.2) is 17.4 Å². The Kier molecular flexibility index (Phi) is 3.42. The summed E-state index contributed by atoms with van der Waals surface area (Å²) in [7, 11) is 0. The lowest BCUT2D eigenvalue weighted by Crippen LogP contribution is -2.40. The number of aryl methyl sites for hydroxylation is 1. The van der Waals surface area contributed by atoms with Crippen LogP contribution in [0.2, 0.25) is 0 Å². The van der Waals surface area contributed by atoms with Crippen LogP contribution in [-0.4, -0.2) is 46.4 Å². The molecule has 104 valence electrons. The number of rotatable bonds is 4. The van der Waals surface area contributed by atoms with E-state index in [2.05, 4.69) is 28.1 Å². The lowest BCUT2D eigenvalue weighted by Gasteiger charge is -2.27. The van der Waals surface area contributed by atoms with Gasteiger partial charge < -0.3 is 15.4 Å². The van der Waals surface area contributed by atoms with E-state index in [4.69, 9.17) is 10.5 Å². The first-order chi connectivity index (χ1) is 9.28. The molecule has 0 amide bonds. The molecule has 2 aliphatic rings. The zero-order valence-electron chi connectivity index (χ0n) is 11.3. The van der Waals surface area contributed by atoms with Crippen LogP contribution in [-0.2, 0) is 11.3 Å². The van der Waals surface area contributed by atoms with Gasteiger partial charge in [0.2, 0.25) is 0 Å². The largest absolute Gasteiger partial charge is 0.376 e. The summed E-state index contributed by atoms with van der Waals surface area (Å²) in [6.45, 7) is 5.38. The molecule has 0 radical (unpaired) electrons. The smallest absolute Gasteiger partial charge is 0.192 e. The minimum absolute atomic E-state index is 0.212. The Balaban J connectivity index is 1.73. The summed E-state index contributed by atoms with van der Waals surface area (Å²) in [6.07, 6.45) is 6.56. The fourth-order valence-electron chi connectivity index (χ4n) is 2.77. The molecule has 0 aromatic carbocycles. The van der Waals surface area contributed by atoms with Crippen molar-refractivity contribution in [3.05, 3.63) is 18.0 Å². The number of nitrogens with zero attached hydrogens (tertiary/aromatic N) is 4. The first-order valence-electron chi connectivity index (χ1n) is 6.98. The Hall–Kier alpha value is -1.56. The second-order valence-electron chi connectivity index (χ2n) is 5.13. The molecule has 1 saturated heterocycles. The third kappa shape index (κ3) is 2.45. The molecule has 6 heteroatoms. The number of aromatic nitrogens is 2. The number of hydrogen-bond acceptors (Lipinski definition) is 5. The summed E-state index contributed by atoms with van der Waals surface area (Å²) < 4.78 is 7.64. The van der Waals surface area contributed by atoms with Crippen LogP contribution in [0.3, 0.4) is 0 Å². The van der Waals surface area contributed by atoms with Crippen LogP contribution in [0.25, 0.3) is 0 Å². The fourth-order valence-corrected chi connectivity index (χ4v) is 2.77. The molecule has 2 aliphatic heterocycles. The van der Waals surface area contributed by atoms with E-state index in [0.29, 0.717) is 12.5 Å². The van der Waals surface area contributed by atoms with Crippen molar-refractivity contribution in [1.29, 1.82) is 0 Å². The molecule has 2 atom stereocenters. The molecule has 19 heavy (non-hydrogen) atoms. The quantitative estimate of drug-likeness (QED) is 0.870. The van der Waals surface area contributed by atoms with E-state index in [1.165, 1.54) is 5.56 Å². The first-order valence-corrected chi connectivity index (χ1v) is 6.98. The van der Waals surface area contributed by atoms with Gasteiger partial charge in [0.15, 0.2) is 5.96 Å². The topological polar surface area (TPSA) is 68.7 Å².